The van der Waals surface area contributed by atoms with Crippen LogP contribution in [0.2, 0.25) is 5.15 Å². The molecule has 0 saturated heterocycles. The molecule has 1 aromatic rings. The summed E-state index contributed by atoms with van der Waals surface area (Å²) in [6.07, 6.45) is 4.13. The normalized spacial score (nSPS) is 11.1. The fraction of sp³-hybridized carbons (Fsp3) is 0.615. The molecular formula is C13H21ClN4O. The summed E-state index contributed by atoms with van der Waals surface area (Å²) in [4.78, 5) is 21.0. The molecule has 1 rings (SSSR count). The van der Waals surface area contributed by atoms with Gasteiger partial charge in [0.1, 0.15) is 17.3 Å². The number of carbonyl (C=O) groups is 1. The number of unbranched alkanes of at least 4 members (excludes halogenated alkanes) is 1. The zero-order valence-electron chi connectivity index (χ0n) is 11.7. The Hall–Kier alpha value is -1.20. The van der Waals surface area contributed by atoms with Crippen LogP contribution < -0.4 is 5.32 Å². The molecule has 1 aromatic heterocycles. The smallest absolute Gasteiger partial charge is 0.156 e. The largest absolute Gasteiger partial charge is 0.369 e. The summed E-state index contributed by atoms with van der Waals surface area (Å²) >= 11 is 5.82. The third-order valence-electron chi connectivity index (χ3n) is 3.06. The fourth-order valence-corrected chi connectivity index (χ4v) is 1.75. The zero-order valence-corrected chi connectivity index (χ0v) is 12.4. The van der Waals surface area contributed by atoms with Crippen LogP contribution in [0.4, 0.5) is 5.82 Å². The molecule has 0 aliphatic heterocycles. The Morgan fingerprint density at radius 2 is 2.16 bits per heavy atom. The fourth-order valence-electron chi connectivity index (χ4n) is 1.57. The Bertz CT molecular complexity index is 412. The van der Waals surface area contributed by atoms with Crippen molar-refractivity contribution in [3.05, 3.63) is 17.0 Å². The lowest BCUT2D eigenvalue weighted by Crippen LogP contribution is -2.27. The maximum absolute atomic E-state index is 10.9. The molecule has 1 N–H and O–H groups in total. The first-order valence-electron chi connectivity index (χ1n) is 6.46. The van der Waals surface area contributed by atoms with Crippen molar-refractivity contribution >= 4 is 23.7 Å². The monoisotopic (exact) mass is 284 g/mol. The van der Waals surface area contributed by atoms with Gasteiger partial charge in [0, 0.05) is 12.6 Å². The zero-order chi connectivity index (χ0) is 14.3. The summed E-state index contributed by atoms with van der Waals surface area (Å²) in [5.41, 5.74) is 0.323. The Labute approximate surface area is 119 Å². The molecule has 0 spiro atoms. The van der Waals surface area contributed by atoms with Crippen molar-refractivity contribution in [3.63, 3.8) is 0 Å². The van der Waals surface area contributed by atoms with Crippen molar-refractivity contribution < 1.29 is 4.79 Å². The minimum Gasteiger partial charge on any atom is -0.369 e. The molecule has 0 fully saturated rings. The molecule has 0 unspecified atom stereocenters. The van der Waals surface area contributed by atoms with Crippen molar-refractivity contribution in [1.82, 2.24) is 14.9 Å². The van der Waals surface area contributed by atoms with E-state index in [1.807, 2.05) is 0 Å². The number of hydrogen-bond donors (Lipinski definition) is 1. The van der Waals surface area contributed by atoms with Crippen LogP contribution >= 0.6 is 11.6 Å². The second kappa shape index (κ2) is 8.07. The van der Waals surface area contributed by atoms with Gasteiger partial charge in [-0.25, -0.2) is 9.97 Å². The SMILES string of the molecule is CC(C)N(C)CCCCNc1ncnc(Cl)c1C=O. The number of aldehydes is 1. The number of carbonyl (C=O) groups excluding carboxylic acids is 1. The van der Waals surface area contributed by atoms with Crippen LogP contribution in [0.1, 0.15) is 37.0 Å². The maximum Gasteiger partial charge on any atom is 0.156 e. The van der Waals surface area contributed by atoms with E-state index < -0.39 is 0 Å². The van der Waals surface area contributed by atoms with E-state index >= 15 is 0 Å². The molecule has 0 bridgehead atoms. The van der Waals surface area contributed by atoms with Crippen molar-refractivity contribution in [2.75, 3.05) is 25.5 Å². The summed E-state index contributed by atoms with van der Waals surface area (Å²) in [7, 11) is 2.12. The molecule has 0 aliphatic carbocycles. The van der Waals surface area contributed by atoms with Gasteiger partial charge >= 0.3 is 0 Å². The number of rotatable bonds is 8. The van der Waals surface area contributed by atoms with Crippen LogP contribution in [0.15, 0.2) is 6.33 Å². The van der Waals surface area contributed by atoms with E-state index in [2.05, 4.69) is 41.1 Å². The standard InChI is InChI=1S/C13H21ClN4O/c1-10(2)18(3)7-5-4-6-15-13-11(8-19)12(14)16-9-17-13/h8-10H,4-7H2,1-3H3,(H,15,16,17). The predicted octanol–water partition coefficient (Wildman–Crippen LogP) is 2.47. The van der Waals surface area contributed by atoms with Crippen LogP contribution in [0, 0.1) is 0 Å². The average Bonchev–Trinajstić information content (AvgIpc) is 2.38. The molecular weight excluding hydrogens is 264 g/mol. The number of aromatic nitrogens is 2. The minimum absolute atomic E-state index is 0.187. The first-order chi connectivity index (χ1) is 9.06. The van der Waals surface area contributed by atoms with Crippen LogP contribution in [-0.4, -0.2) is 47.3 Å². The van der Waals surface area contributed by atoms with Crippen LogP contribution in [-0.2, 0) is 0 Å². The topological polar surface area (TPSA) is 58.1 Å². The Kier molecular flexibility index (Phi) is 6.73. The second-order valence-corrected chi connectivity index (χ2v) is 5.11. The lowest BCUT2D eigenvalue weighted by Gasteiger charge is -2.20. The van der Waals surface area contributed by atoms with Gasteiger partial charge in [0.15, 0.2) is 6.29 Å². The van der Waals surface area contributed by atoms with E-state index in [1.165, 1.54) is 6.33 Å². The quantitative estimate of drug-likeness (QED) is 0.451. The lowest BCUT2D eigenvalue weighted by atomic mass is 10.2. The molecule has 19 heavy (non-hydrogen) atoms. The third-order valence-corrected chi connectivity index (χ3v) is 3.37. The third kappa shape index (κ3) is 5.12. The van der Waals surface area contributed by atoms with Gasteiger partial charge in [-0.05, 0) is 40.3 Å². The van der Waals surface area contributed by atoms with Gasteiger partial charge in [0.2, 0.25) is 0 Å². The number of nitrogens with one attached hydrogen (secondary N) is 1. The van der Waals surface area contributed by atoms with E-state index in [9.17, 15) is 4.79 Å². The van der Waals surface area contributed by atoms with Gasteiger partial charge in [-0.15, -0.1) is 0 Å². The molecule has 0 amide bonds. The summed E-state index contributed by atoms with van der Waals surface area (Å²) in [5, 5.41) is 3.31. The van der Waals surface area contributed by atoms with Gasteiger partial charge in [-0.1, -0.05) is 11.6 Å². The average molecular weight is 285 g/mol. The number of anilines is 1. The highest BCUT2D eigenvalue weighted by atomic mass is 35.5. The Morgan fingerprint density at radius 1 is 1.42 bits per heavy atom. The maximum atomic E-state index is 10.9. The summed E-state index contributed by atoms with van der Waals surface area (Å²) in [6, 6.07) is 0.565. The predicted molar refractivity (Wildman–Crippen MR) is 77.9 cm³/mol. The number of hydrogen-bond acceptors (Lipinski definition) is 5. The highest BCUT2D eigenvalue weighted by molar-refractivity contribution is 6.32. The molecule has 0 saturated carbocycles. The van der Waals surface area contributed by atoms with Crippen LogP contribution in [0.5, 0.6) is 0 Å². The van der Waals surface area contributed by atoms with E-state index in [1.54, 1.807) is 0 Å². The Balaban J connectivity index is 2.34. The van der Waals surface area contributed by atoms with Gasteiger partial charge in [-0.2, -0.15) is 0 Å². The minimum atomic E-state index is 0.187. The highest BCUT2D eigenvalue weighted by Crippen LogP contribution is 2.17. The van der Waals surface area contributed by atoms with Gasteiger partial charge in [-0.3, -0.25) is 4.79 Å². The molecule has 106 valence electrons. The van der Waals surface area contributed by atoms with Crippen molar-refractivity contribution in [2.45, 2.75) is 32.7 Å². The highest BCUT2D eigenvalue weighted by Gasteiger charge is 2.08. The number of nitrogens with zero attached hydrogens (tertiary/aromatic N) is 3. The van der Waals surface area contributed by atoms with Gasteiger partial charge in [0.05, 0.1) is 5.56 Å². The van der Waals surface area contributed by atoms with E-state index in [0.29, 0.717) is 23.7 Å². The molecule has 0 atom stereocenters. The van der Waals surface area contributed by atoms with Crippen molar-refractivity contribution in [2.24, 2.45) is 0 Å². The second-order valence-electron chi connectivity index (χ2n) is 4.75. The van der Waals surface area contributed by atoms with E-state index in [4.69, 9.17) is 11.6 Å². The van der Waals surface area contributed by atoms with E-state index in [-0.39, 0.29) is 5.15 Å². The molecule has 6 heteroatoms. The summed E-state index contributed by atoms with van der Waals surface area (Å²) in [6.45, 7) is 6.18. The molecule has 5 nitrogen and oxygen atoms in total. The van der Waals surface area contributed by atoms with Crippen LogP contribution in [0.25, 0.3) is 0 Å². The molecule has 0 aromatic carbocycles. The number of halogens is 1. The van der Waals surface area contributed by atoms with Crippen LogP contribution in [0.3, 0.4) is 0 Å². The van der Waals surface area contributed by atoms with Crippen molar-refractivity contribution in [3.8, 4) is 0 Å². The van der Waals surface area contributed by atoms with Crippen molar-refractivity contribution in [1.29, 1.82) is 0 Å². The first-order valence-corrected chi connectivity index (χ1v) is 6.83. The Morgan fingerprint density at radius 3 is 2.79 bits per heavy atom. The molecule has 0 aliphatic rings. The van der Waals surface area contributed by atoms with Gasteiger partial charge < -0.3 is 10.2 Å². The van der Waals surface area contributed by atoms with E-state index in [0.717, 1.165) is 25.9 Å². The molecule has 0 radical (unpaired) electrons. The summed E-state index contributed by atoms with van der Waals surface area (Å²) in [5.74, 6) is 0.507. The summed E-state index contributed by atoms with van der Waals surface area (Å²) < 4.78 is 0. The first kappa shape index (κ1) is 15.9. The molecule has 1 heterocycles. The lowest BCUT2D eigenvalue weighted by molar-refractivity contribution is 0.112. The van der Waals surface area contributed by atoms with Gasteiger partial charge in [0.25, 0.3) is 0 Å².